The fourth-order valence-corrected chi connectivity index (χ4v) is 2.13. The summed E-state index contributed by atoms with van der Waals surface area (Å²) in [4.78, 5) is 15.7. The third-order valence-corrected chi connectivity index (χ3v) is 3.03. The number of rotatable bonds is 3. The first-order valence-electron chi connectivity index (χ1n) is 4.86. The van der Waals surface area contributed by atoms with E-state index in [1.165, 1.54) is 7.11 Å². The van der Waals surface area contributed by atoms with Crippen LogP contribution in [0.3, 0.4) is 0 Å². The zero-order valence-electron chi connectivity index (χ0n) is 8.84. The van der Waals surface area contributed by atoms with E-state index in [9.17, 15) is 4.79 Å². The first-order valence-corrected chi connectivity index (χ1v) is 5.74. The van der Waals surface area contributed by atoms with E-state index in [0.717, 1.165) is 10.6 Å². The summed E-state index contributed by atoms with van der Waals surface area (Å²) >= 11 is 1.58. The van der Waals surface area contributed by atoms with Gasteiger partial charge < -0.3 is 4.74 Å². The molecular weight excluding hydrogens is 222 g/mol. The molecule has 16 heavy (non-hydrogen) atoms. The molecular formula is C12H11NO2S. The zero-order valence-corrected chi connectivity index (χ0v) is 9.66. The number of hydrogen-bond acceptors (Lipinski definition) is 4. The molecule has 0 saturated heterocycles. The Morgan fingerprint density at radius 3 is 2.94 bits per heavy atom. The zero-order chi connectivity index (χ0) is 11.4. The number of ether oxygens (including phenoxy) is 1. The molecule has 1 aromatic heterocycles. The Balaban J connectivity index is 2.30. The number of methoxy groups -OCH3 is 1. The van der Waals surface area contributed by atoms with Crippen LogP contribution in [0.15, 0.2) is 35.8 Å². The van der Waals surface area contributed by atoms with Gasteiger partial charge in [-0.2, -0.15) is 0 Å². The second-order valence-electron chi connectivity index (χ2n) is 3.25. The highest BCUT2D eigenvalue weighted by Crippen LogP contribution is 2.16. The highest BCUT2D eigenvalue weighted by Gasteiger charge is 2.11. The first-order chi connectivity index (χ1) is 7.81. The minimum atomic E-state index is -0.299. The summed E-state index contributed by atoms with van der Waals surface area (Å²) in [6.07, 6.45) is 2.43. The quantitative estimate of drug-likeness (QED) is 0.765. The number of carbonyl (C=O) groups is 1. The van der Waals surface area contributed by atoms with Crippen LogP contribution in [0, 0.1) is 0 Å². The van der Waals surface area contributed by atoms with Crippen molar-refractivity contribution in [2.24, 2.45) is 0 Å². The number of nitrogens with zero attached hydrogens (tertiary/aromatic N) is 1. The van der Waals surface area contributed by atoms with E-state index in [1.54, 1.807) is 23.6 Å². The number of aromatic nitrogens is 1. The van der Waals surface area contributed by atoms with Gasteiger partial charge in [-0.1, -0.05) is 18.2 Å². The van der Waals surface area contributed by atoms with Crippen LogP contribution in [0.2, 0.25) is 0 Å². The van der Waals surface area contributed by atoms with E-state index >= 15 is 0 Å². The molecule has 4 heteroatoms. The summed E-state index contributed by atoms with van der Waals surface area (Å²) in [6, 6.07) is 7.44. The van der Waals surface area contributed by atoms with Crippen molar-refractivity contribution in [1.82, 2.24) is 4.98 Å². The lowest BCUT2D eigenvalue weighted by Crippen LogP contribution is -2.05. The number of benzene rings is 1. The highest BCUT2D eigenvalue weighted by molar-refractivity contribution is 7.09. The van der Waals surface area contributed by atoms with E-state index in [2.05, 4.69) is 4.98 Å². The second kappa shape index (κ2) is 4.90. The van der Waals surface area contributed by atoms with Crippen molar-refractivity contribution < 1.29 is 9.53 Å². The number of hydrogen-bond donors (Lipinski definition) is 0. The lowest BCUT2D eigenvalue weighted by atomic mass is 10.1. The molecule has 2 rings (SSSR count). The summed E-state index contributed by atoms with van der Waals surface area (Å²) in [5.41, 5.74) is 1.56. The Hall–Kier alpha value is -1.68. The molecule has 0 spiro atoms. The fraction of sp³-hybridized carbons (Fsp3) is 0.167. The van der Waals surface area contributed by atoms with Crippen molar-refractivity contribution in [2.75, 3.05) is 7.11 Å². The molecule has 1 heterocycles. The molecule has 0 aliphatic rings. The Bertz CT molecular complexity index is 480. The summed E-state index contributed by atoms with van der Waals surface area (Å²) < 4.78 is 4.74. The molecule has 1 aromatic carbocycles. The van der Waals surface area contributed by atoms with Gasteiger partial charge in [0.25, 0.3) is 0 Å². The smallest absolute Gasteiger partial charge is 0.338 e. The minimum Gasteiger partial charge on any atom is -0.465 e. The molecule has 82 valence electrons. The molecule has 0 radical (unpaired) electrons. The fourth-order valence-electron chi connectivity index (χ4n) is 1.49. The maximum atomic E-state index is 11.5. The van der Waals surface area contributed by atoms with Crippen molar-refractivity contribution in [3.63, 3.8) is 0 Å². The van der Waals surface area contributed by atoms with E-state index in [0.29, 0.717) is 12.0 Å². The normalized spacial score (nSPS) is 10.1. The summed E-state index contributed by atoms with van der Waals surface area (Å²) in [7, 11) is 1.39. The average molecular weight is 233 g/mol. The maximum absolute atomic E-state index is 11.5. The predicted molar refractivity (Wildman–Crippen MR) is 62.7 cm³/mol. The Kier molecular flexibility index (Phi) is 3.31. The van der Waals surface area contributed by atoms with Crippen LogP contribution in [0.1, 0.15) is 20.9 Å². The van der Waals surface area contributed by atoms with Gasteiger partial charge in [0, 0.05) is 18.0 Å². The molecule has 0 fully saturated rings. The molecule has 0 bridgehead atoms. The molecule has 3 nitrogen and oxygen atoms in total. The van der Waals surface area contributed by atoms with Crippen LogP contribution in [0.4, 0.5) is 0 Å². The van der Waals surface area contributed by atoms with Crippen molar-refractivity contribution in [3.8, 4) is 0 Å². The van der Waals surface area contributed by atoms with Crippen LogP contribution in [0.5, 0.6) is 0 Å². The second-order valence-corrected chi connectivity index (χ2v) is 4.23. The van der Waals surface area contributed by atoms with Crippen LogP contribution in [-0.2, 0) is 11.2 Å². The summed E-state index contributed by atoms with van der Waals surface area (Å²) in [5, 5.41) is 2.92. The SMILES string of the molecule is COC(=O)c1ccccc1Cc1nccs1. The van der Waals surface area contributed by atoms with Crippen molar-refractivity contribution in [1.29, 1.82) is 0 Å². The molecule has 0 amide bonds. The van der Waals surface area contributed by atoms with Gasteiger partial charge in [-0.05, 0) is 11.6 Å². The molecule has 0 aliphatic heterocycles. The van der Waals surface area contributed by atoms with Gasteiger partial charge in [0.2, 0.25) is 0 Å². The lowest BCUT2D eigenvalue weighted by molar-refractivity contribution is 0.0599. The van der Waals surface area contributed by atoms with Crippen LogP contribution in [-0.4, -0.2) is 18.1 Å². The molecule has 0 saturated carbocycles. The topological polar surface area (TPSA) is 39.2 Å². The average Bonchev–Trinajstić information content (AvgIpc) is 2.82. The predicted octanol–water partition coefficient (Wildman–Crippen LogP) is 2.52. The maximum Gasteiger partial charge on any atom is 0.338 e. The molecule has 2 aromatic rings. The molecule has 0 unspecified atom stereocenters. The number of esters is 1. The van der Waals surface area contributed by atoms with Crippen LogP contribution < -0.4 is 0 Å². The largest absolute Gasteiger partial charge is 0.465 e. The van der Waals surface area contributed by atoms with Crippen molar-refractivity contribution in [2.45, 2.75) is 6.42 Å². The van der Waals surface area contributed by atoms with E-state index < -0.39 is 0 Å². The van der Waals surface area contributed by atoms with Gasteiger partial charge in [-0.15, -0.1) is 11.3 Å². The third kappa shape index (κ3) is 2.28. The van der Waals surface area contributed by atoms with Gasteiger partial charge in [0.05, 0.1) is 17.7 Å². The van der Waals surface area contributed by atoms with E-state index in [4.69, 9.17) is 4.74 Å². The van der Waals surface area contributed by atoms with Gasteiger partial charge in [0.15, 0.2) is 0 Å². The number of thiazole rings is 1. The monoisotopic (exact) mass is 233 g/mol. The third-order valence-electron chi connectivity index (χ3n) is 2.25. The Labute approximate surface area is 97.7 Å². The lowest BCUT2D eigenvalue weighted by Gasteiger charge is -2.05. The standard InChI is InChI=1S/C12H11NO2S/c1-15-12(14)10-5-3-2-4-9(10)8-11-13-6-7-16-11/h2-7H,8H2,1H3. The van der Waals surface area contributed by atoms with Crippen LogP contribution >= 0.6 is 11.3 Å². The van der Waals surface area contributed by atoms with Gasteiger partial charge >= 0.3 is 5.97 Å². The van der Waals surface area contributed by atoms with Crippen molar-refractivity contribution >= 4 is 17.3 Å². The van der Waals surface area contributed by atoms with E-state index in [1.807, 2.05) is 23.6 Å². The summed E-state index contributed by atoms with van der Waals surface area (Å²) in [5.74, 6) is -0.299. The highest BCUT2D eigenvalue weighted by atomic mass is 32.1. The minimum absolute atomic E-state index is 0.299. The Morgan fingerprint density at radius 2 is 2.25 bits per heavy atom. The van der Waals surface area contributed by atoms with Crippen molar-refractivity contribution in [3.05, 3.63) is 52.0 Å². The Morgan fingerprint density at radius 1 is 1.44 bits per heavy atom. The van der Waals surface area contributed by atoms with Gasteiger partial charge in [-0.25, -0.2) is 9.78 Å². The summed E-state index contributed by atoms with van der Waals surface area (Å²) in [6.45, 7) is 0. The molecule has 0 N–H and O–H groups in total. The molecule has 0 atom stereocenters. The van der Waals surface area contributed by atoms with E-state index in [-0.39, 0.29) is 5.97 Å². The van der Waals surface area contributed by atoms with Gasteiger partial charge in [-0.3, -0.25) is 0 Å². The number of carbonyl (C=O) groups excluding carboxylic acids is 1. The van der Waals surface area contributed by atoms with Crippen LogP contribution in [0.25, 0.3) is 0 Å². The first kappa shape index (κ1) is 10.8. The van der Waals surface area contributed by atoms with Gasteiger partial charge in [0.1, 0.15) is 0 Å². The molecule has 0 aliphatic carbocycles.